The molecular formula is C20H20O7. The van der Waals surface area contributed by atoms with Gasteiger partial charge in [0.25, 0.3) is 0 Å². The third-order valence-electron chi connectivity index (χ3n) is 4.09. The van der Waals surface area contributed by atoms with Crippen LogP contribution in [0.3, 0.4) is 0 Å². The van der Waals surface area contributed by atoms with Crippen molar-refractivity contribution in [2.24, 2.45) is 0 Å². The highest BCUT2D eigenvalue weighted by atomic mass is 16.6. The molecule has 0 spiro atoms. The van der Waals surface area contributed by atoms with Crippen LogP contribution >= 0.6 is 0 Å². The number of fused-ring (bicyclic) bond motifs is 1. The SMILES string of the molecule is COc1ccc(C(=O)[C@H](C)OC(=O)c2cc(OC)c3c(c2)OCCO3)cc1. The quantitative estimate of drug-likeness (QED) is 0.570. The van der Waals surface area contributed by atoms with Crippen molar-refractivity contribution in [1.29, 1.82) is 0 Å². The molecule has 7 heteroatoms. The fourth-order valence-electron chi connectivity index (χ4n) is 2.66. The smallest absolute Gasteiger partial charge is 0.339 e. The van der Waals surface area contributed by atoms with Gasteiger partial charge in [-0.15, -0.1) is 0 Å². The van der Waals surface area contributed by atoms with E-state index in [9.17, 15) is 9.59 Å². The lowest BCUT2D eigenvalue weighted by Gasteiger charge is -2.21. The number of esters is 1. The molecule has 0 aliphatic carbocycles. The van der Waals surface area contributed by atoms with E-state index in [1.807, 2.05) is 0 Å². The van der Waals surface area contributed by atoms with Crippen molar-refractivity contribution in [2.45, 2.75) is 13.0 Å². The third-order valence-corrected chi connectivity index (χ3v) is 4.09. The minimum Gasteiger partial charge on any atom is -0.497 e. The average molecular weight is 372 g/mol. The molecule has 0 amide bonds. The number of hydrogen-bond acceptors (Lipinski definition) is 7. The van der Waals surface area contributed by atoms with E-state index in [-0.39, 0.29) is 11.3 Å². The number of benzene rings is 2. The summed E-state index contributed by atoms with van der Waals surface area (Å²) in [6.07, 6.45) is -0.954. The van der Waals surface area contributed by atoms with Gasteiger partial charge in [-0.25, -0.2) is 4.79 Å². The molecule has 0 radical (unpaired) electrons. The molecule has 2 aromatic carbocycles. The number of methoxy groups -OCH3 is 2. The lowest BCUT2D eigenvalue weighted by molar-refractivity contribution is 0.0317. The molecule has 0 N–H and O–H groups in total. The molecule has 3 rings (SSSR count). The molecule has 7 nitrogen and oxygen atoms in total. The average Bonchev–Trinajstić information content (AvgIpc) is 2.72. The zero-order valence-electron chi connectivity index (χ0n) is 15.3. The molecule has 0 saturated heterocycles. The highest BCUT2D eigenvalue weighted by Gasteiger charge is 2.24. The van der Waals surface area contributed by atoms with Crippen molar-refractivity contribution in [3.63, 3.8) is 0 Å². The summed E-state index contributed by atoms with van der Waals surface area (Å²) in [5.74, 6) is 0.896. The maximum Gasteiger partial charge on any atom is 0.339 e. The van der Waals surface area contributed by atoms with Gasteiger partial charge in [0.05, 0.1) is 19.8 Å². The minimum atomic E-state index is -0.954. The number of hydrogen-bond donors (Lipinski definition) is 0. The van der Waals surface area contributed by atoms with Gasteiger partial charge in [-0.1, -0.05) is 0 Å². The maximum atomic E-state index is 12.5. The molecule has 0 unspecified atom stereocenters. The van der Waals surface area contributed by atoms with E-state index in [0.29, 0.717) is 41.8 Å². The van der Waals surface area contributed by atoms with Crippen molar-refractivity contribution in [3.05, 3.63) is 47.5 Å². The van der Waals surface area contributed by atoms with Gasteiger partial charge in [-0.2, -0.15) is 0 Å². The Labute approximate surface area is 156 Å². The number of carbonyl (C=O) groups excluding carboxylic acids is 2. The number of ether oxygens (including phenoxy) is 5. The summed E-state index contributed by atoms with van der Waals surface area (Å²) >= 11 is 0. The second-order valence-electron chi connectivity index (χ2n) is 5.84. The van der Waals surface area contributed by atoms with E-state index in [0.717, 1.165) is 0 Å². The molecule has 0 bridgehead atoms. The molecular weight excluding hydrogens is 352 g/mol. The standard InChI is InChI=1S/C20H20O7/c1-12(18(21)13-4-6-15(23-2)7-5-13)27-20(22)14-10-16(24-3)19-17(11-14)25-8-9-26-19/h4-7,10-12H,8-9H2,1-3H3/t12-/m0/s1. The molecule has 1 aliphatic heterocycles. The van der Waals surface area contributed by atoms with Gasteiger partial charge in [0, 0.05) is 5.56 Å². The number of ketones is 1. The van der Waals surface area contributed by atoms with Gasteiger partial charge in [0.1, 0.15) is 19.0 Å². The van der Waals surface area contributed by atoms with Crippen LogP contribution in [0.5, 0.6) is 23.0 Å². The van der Waals surface area contributed by atoms with E-state index >= 15 is 0 Å². The van der Waals surface area contributed by atoms with Crippen LogP contribution in [0.15, 0.2) is 36.4 Å². The van der Waals surface area contributed by atoms with Crippen molar-refractivity contribution in [2.75, 3.05) is 27.4 Å². The van der Waals surface area contributed by atoms with Crippen molar-refractivity contribution in [1.82, 2.24) is 0 Å². The summed E-state index contributed by atoms with van der Waals surface area (Å²) < 4.78 is 26.7. The predicted octanol–water partition coefficient (Wildman–Crippen LogP) is 2.90. The Morgan fingerprint density at radius 3 is 2.33 bits per heavy atom. The fraction of sp³-hybridized carbons (Fsp3) is 0.300. The Hall–Kier alpha value is -3.22. The van der Waals surface area contributed by atoms with E-state index in [2.05, 4.69) is 0 Å². The zero-order valence-corrected chi connectivity index (χ0v) is 15.3. The van der Waals surface area contributed by atoms with Crippen molar-refractivity contribution >= 4 is 11.8 Å². The molecule has 1 aliphatic rings. The number of carbonyl (C=O) groups is 2. The highest BCUT2D eigenvalue weighted by Crippen LogP contribution is 2.40. The van der Waals surface area contributed by atoms with Crippen molar-refractivity contribution in [3.8, 4) is 23.0 Å². The van der Waals surface area contributed by atoms with Gasteiger partial charge >= 0.3 is 5.97 Å². The summed E-state index contributed by atoms with van der Waals surface area (Å²) in [5.41, 5.74) is 0.640. The highest BCUT2D eigenvalue weighted by molar-refractivity contribution is 6.01. The van der Waals surface area contributed by atoms with Crippen LogP contribution in [0.1, 0.15) is 27.6 Å². The Balaban J connectivity index is 1.75. The summed E-state index contributed by atoms with van der Waals surface area (Å²) in [4.78, 5) is 25.0. The summed E-state index contributed by atoms with van der Waals surface area (Å²) in [5, 5.41) is 0. The van der Waals surface area contributed by atoms with E-state index in [4.69, 9.17) is 23.7 Å². The first-order valence-electron chi connectivity index (χ1n) is 8.40. The van der Waals surface area contributed by atoms with Gasteiger partial charge in [0.2, 0.25) is 11.5 Å². The van der Waals surface area contributed by atoms with Crippen LogP contribution in [0.4, 0.5) is 0 Å². The molecule has 27 heavy (non-hydrogen) atoms. The molecule has 0 saturated carbocycles. The first-order chi connectivity index (χ1) is 13.0. The first kappa shape index (κ1) is 18.6. The third kappa shape index (κ3) is 3.97. The Morgan fingerprint density at radius 1 is 0.963 bits per heavy atom. The Kier molecular flexibility index (Phi) is 5.49. The van der Waals surface area contributed by atoms with Crippen LogP contribution in [0.25, 0.3) is 0 Å². The molecule has 1 heterocycles. The van der Waals surface area contributed by atoms with E-state index < -0.39 is 12.1 Å². The van der Waals surface area contributed by atoms with E-state index in [1.165, 1.54) is 26.2 Å². The zero-order chi connectivity index (χ0) is 19.4. The number of rotatable bonds is 6. The van der Waals surface area contributed by atoms with Gasteiger partial charge in [-0.3, -0.25) is 4.79 Å². The lowest BCUT2D eigenvalue weighted by Crippen LogP contribution is -2.24. The normalized spacial score (nSPS) is 13.4. The summed E-state index contributed by atoms with van der Waals surface area (Å²) in [7, 11) is 3.02. The largest absolute Gasteiger partial charge is 0.497 e. The topological polar surface area (TPSA) is 80.3 Å². The van der Waals surface area contributed by atoms with Gasteiger partial charge in [0.15, 0.2) is 17.6 Å². The Bertz CT molecular complexity index is 825. The fourth-order valence-corrected chi connectivity index (χ4v) is 2.66. The molecule has 1 atom stereocenters. The number of Topliss-reactive ketones (excluding diaryl/α,β-unsaturated/α-hetero) is 1. The van der Waals surface area contributed by atoms with Crippen LogP contribution in [0, 0.1) is 0 Å². The monoisotopic (exact) mass is 372 g/mol. The van der Waals surface area contributed by atoms with Gasteiger partial charge < -0.3 is 23.7 Å². The molecule has 142 valence electrons. The molecule has 0 aromatic heterocycles. The maximum absolute atomic E-state index is 12.5. The van der Waals surface area contributed by atoms with Gasteiger partial charge in [-0.05, 0) is 43.3 Å². The molecule has 0 fully saturated rings. The summed E-state index contributed by atoms with van der Waals surface area (Å²) in [6, 6.07) is 9.61. The Morgan fingerprint density at radius 2 is 1.67 bits per heavy atom. The van der Waals surface area contributed by atoms with Crippen LogP contribution in [-0.4, -0.2) is 45.3 Å². The lowest BCUT2D eigenvalue weighted by atomic mass is 10.1. The van der Waals surface area contributed by atoms with Crippen molar-refractivity contribution < 1.29 is 33.3 Å². The second kappa shape index (κ2) is 7.99. The first-order valence-corrected chi connectivity index (χ1v) is 8.40. The predicted molar refractivity (Wildman–Crippen MR) is 96.2 cm³/mol. The van der Waals surface area contributed by atoms with Crippen LogP contribution < -0.4 is 18.9 Å². The molecule has 2 aromatic rings. The van der Waals surface area contributed by atoms with Crippen LogP contribution in [0.2, 0.25) is 0 Å². The van der Waals surface area contributed by atoms with E-state index in [1.54, 1.807) is 31.4 Å². The van der Waals surface area contributed by atoms with Crippen LogP contribution in [-0.2, 0) is 4.74 Å². The minimum absolute atomic E-state index is 0.213. The second-order valence-corrected chi connectivity index (χ2v) is 5.84. The summed E-state index contributed by atoms with van der Waals surface area (Å²) in [6.45, 7) is 2.31.